The van der Waals surface area contributed by atoms with Crippen LogP contribution >= 0.6 is 0 Å². The van der Waals surface area contributed by atoms with Crippen molar-refractivity contribution in [3.63, 3.8) is 0 Å². The second-order valence-electron chi connectivity index (χ2n) is 8.10. The van der Waals surface area contributed by atoms with E-state index in [4.69, 9.17) is 9.47 Å². The van der Waals surface area contributed by atoms with Crippen molar-refractivity contribution in [3.8, 4) is 5.75 Å². The molecule has 2 heterocycles. The molecule has 0 radical (unpaired) electrons. The number of alkyl carbamates (subject to hydrolysis) is 1. The highest BCUT2D eigenvalue weighted by molar-refractivity contribution is 6.02. The fourth-order valence-corrected chi connectivity index (χ4v) is 3.58. The largest absolute Gasteiger partial charge is 0.484 e. The van der Waals surface area contributed by atoms with Gasteiger partial charge in [-0.25, -0.2) is 4.79 Å². The Hall–Kier alpha value is -2.08. The van der Waals surface area contributed by atoms with E-state index in [0.717, 1.165) is 42.8 Å². The first-order valence-electron chi connectivity index (χ1n) is 9.24. The van der Waals surface area contributed by atoms with E-state index in [-0.39, 0.29) is 24.5 Å². The highest BCUT2D eigenvalue weighted by Crippen LogP contribution is 2.34. The molecule has 3 rings (SSSR count). The molecule has 0 bridgehead atoms. The Balaban J connectivity index is 1.65. The summed E-state index contributed by atoms with van der Waals surface area (Å²) in [7, 11) is 0. The predicted octanol–water partition coefficient (Wildman–Crippen LogP) is 3.06. The van der Waals surface area contributed by atoms with Crippen LogP contribution < -0.4 is 10.1 Å². The van der Waals surface area contributed by atoms with Gasteiger partial charge in [-0.1, -0.05) is 6.07 Å². The Morgan fingerprint density at radius 1 is 1.38 bits per heavy atom. The molecule has 1 aromatic carbocycles. The molecular formula is C20H28N2O4. The topological polar surface area (TPSA) is 67.9 Å². The summed E-state index contributed by atoms with van der Waals surface area (Å²) in [5.74, 6) is 0.784. The summed E-state index contributed by atoms with van der Waals surface area (Å²) in [5, 5.41) is 2.88. The standard InChI is InChI=1S/C20H28N2O4/c1-13-7-8-15-17(23)12-25-18(15)16(13)11-22-9-5-6-14(22)10-21-19(24)26-20(2,3)4/h7-8,14H,5-6,9-12H2,1-4H3,(H,21,24). The lowest BCUT2D eigenvalue weighted by atomic mass is 10.0. The number of benzene rings is 1. The number of carbonyl (C=O) groups is 2. The van der Waals surface area contributed by atoms with Crippen LogP contribution in [0.15, 0.2) is 12.1 Å². The fraction of sp³-hybridized carbons (Fsp3) is 0.600. The van der Waals surface area contributed by atoms with Crippen LogP contribution in [0.4, 0.5) is 4.79 Å². The molecule has 142 valence electrons. The molecule has 6 nitrogen and oxygen atoms in total. The Kier molecular flexibility index (Phi) is 5.23. The van der Waals surface area contributed by atoms with Crippen molar-refractivity contribution in [2.45, 2.75) is 58.7 Å². The van der Waals surface area contributed by atoms with Crippen molar-refractivity contribution >= 4 is 11.9 Å². The molecule has 1 aromatic rings. The third-order valence-electron chi connectivity index (χ3n) is 4.88. The van der Waals surface area contributed by atoms with Gasteiger partial charge in [-0.15, -0.1) is 0 Å². The molecule has 26 heavy (non-hydrogen) atoms. The minimum absolute atomic E-state index is 0.0471. The maximum absolute atomic E-state index is 11.9. The van der Waals surface area contributed by atoms with Gasteiger partial charge < -0.3 is 14.8 Å². The van der Waals surface area contributed by atoms with E-state index in [9.17, 15) is 9.59 Å². The lowest BCUT2D eigenvalue weighted by Crippen LogP contribution is -2.41. The molecule has 2 aliphatic heterocycles. The zero-order chi connectivity index (χ0) is 18.9. The highest BCUT2D eigenvalue weighted by atomic mass is 16.6. The maximum Gasteiger partial charge on any atom is 0.407 e. The number of nitrogens with zero attached hydrogens (tertiary/aromatic N) is 1. The van der Waals surface area contributed by atoms with Gasteiger partial charge >= 0.3 is 6.09 Å². The molecule has 1 fully saturated rings. The molecular weight excluding hydrogens is 332 g/mol. The average molecular weight is 360 g/mol. The SMILES string of the molecule is Cc1ccc2c(c1CN1CCCC1CNC(=O)OC(C)(C)C)OCC2=O. The molecule has 2 aliphatic rings. The summed E-state index contributed by atoms with van der Waals surface area (Å²) in [6.45, 7) is 10.0. The molecule has 1 unspecified atom stereocenters. The van der Waals surface area contributed by atoms with Crippen LogP contribution in [0.3, 0.4) is 0 Å². The van der Waals surface area contributed by atoms with E-state index in [1.165, 1.54) is 0 Å². The average Bonchev–Trinajstić information content (AvgIpc) is 3.13. The minimum atomic E-state index is -0.495. The second kappa shape index (κ2) is 7.27. The molecule has 1 atom stereocenters. The molecule has 6 heteroatoms. The van der Waals surface area contributed by atoms with Gasteiger partial charge in [-0.05, 0) is 58.7 Å². The number of ether oxygens (including phenoxy) is 2. The fourth-order valence-electron chi connectivity index (χ4n) is 3.58. The number of carbonyl (C=O) groups excluding carboxylic acids is 2. The van der Waals surface area contributed by atoms with Gasteiger partial charge in [0.2, 0.25) is 5.78 Å². The van der Waals surface area contributed by atoms with Crippen molar-refractivity contribution in [1.82, 2.24) is 10.2 Å². The first-order chi connectivity index (χ1) is 12.2. The summed E-state index contributed by atoms with van der Waals surface area (Å²) >= 11 is 0. The first kappa shape index (κ1) is 18.7. The molecule has 0 saturated carbocycles. The van der Waals surface area contributed by atoms with Gasteiger partial charge in [-0.2, -0.15) is 0 Å². The third kappa shape index (κ3) is 4.18. The van der Waals surface area contributed by atoms with Gasteiger partial charge in [0.05, 0.1) is 5.56 Å². The van der Waals surface area contributed by atoms with E-state index < -0.39 is 5.60 Å². The molecule has 1 saturated heterocycles. The molecule has 0 aromatic heterocycles. The molecule has 0 aliphatic carbocycles. The van der Waals surface area contributed by atoms with Crippen LogP contribution in [0.1, 0.15) is 55.1 Å². The first-order valence-corrected chi connectivity index (χ1v) is 9.24. The van der Waals surface area contributed by atoms with Crippen LogP contribution in [-0.4, -0.2) is 48.1 Å². The van der Waals surface area contributed by atoms with Crippen molar-refractivity contribution in [3.05, 3.63) is 28.8 Å². The van der Waals surface area contributed by atoms with E-state index >= 15 is 0 Å². The van der Waals surface area contributed by atoms with Gasteiger partial charge in [0.25, 0.3) is 0 Å². The number of hydrogen-bond donors (Lipinski definition) is 1. The van der Waals surface area contributed by atoms with E-state index in [2.05, 4.69) is 10.2 Å². The summed E-state index contributed by atoms with van der Waals surface area (Å²) in [5.41, 5.74) is 2.40. The normalized spacial score (nSPS) is 20.0. The highest BCUT2D eigenvalue weighted by Gasteiger charge is 2.30. The number of amides is 1. The Morgan fingerprint density at radius 2 is 2.15 bits per heavy atom. The van der Waals surface area contributed by atoms with Crippen molar-refractivity contribution < 1.29 is 19.1 Å². The van der Waals surface area contributed by atoms with Crippen LogP contribution in [0.5, 0.6) is 5.75 Å². The quantitative estimate of drug-likeness (QED) is 0.894. The van der Waals surface area contributed by atoms with E-state index in [0.29, 0.717) is 12.1 Å². The number of rotatable bonds is 4. The molecule has 1 amide bonds. The van der Waals surface area contributed by atoms with Crippen molar-refractivity contribution in [1.29, 1.82) is 0 Å². The number of ketones is 1. The number of nitrogens with one attached hydrogen (secondary N) is 1. The predicted molar refractivity (Wildman–Crippen MR) is 98.7 cm³/mol. The van der Waals surface area contributed by atoms with E-state index in [1.54, 1.807) is 0 Å². The van der Waals surface area contributed by atoms with E-state index in [1.807, 2.05) is 39.8 Å². The zero-order valence-electron chi connectivity index (χ0n) is 16.1. The summed E-state index contributed by atoms with van der Waals surface area (Å²) in [6.07, 6.45) is 1.74. The number of hydrogen-bond acceptors (Lipinski definition) is 5. The van der Waals surface area contributed by atoms with Gasteiger partial charge in [-0.3, -0.25) is 9.69 Å². The van der Waals surface area contributed by atoms with Crippen LogP contribution in [0, 0.1) is 6.92 Å². The number of Topliss-reactive ketones (excluding diaryl/α,β-unsaturated/α-hetero) is 1. The van der Waals surface area contributed by atoms with Crippen molar-refractivity contribution in [2.75, 3.05) is 19.7 Å². The van der Waals surface area contributed by atoms with Crippen LogP contribution in [0.25, 0.3) is 0 Å². The molecule has 1 N–H and O–H groups in total. The zero-order valence-corrected chi connectivity index (χ0v) is 16.1. The summed E-state index contributed by atoms with van der Waals surface area (Å²) in [6, 6.07) is 4.11. The number of likely N-dealkylation sites (tertiary alicyclic amines) is 1. The van der Waals surface area contributed by atoms with Gasteiger partial charge in [0.15, 0.2) is 6.61 Å². The van der Waals surface area contributed by atoms with Crippen LogP contribution in [-0.2, 0) is 11.3 Å². The summed E-state index contributed by atoms with van der Waals surface area (Å²) < 4.78 is 11.0. The Bertz CT molecular complexity index is 708. The number of fused-ring (bicyclic) bond motifs is 1. The van der Waals surface area contributed by atoms with Gasteiger partial charge in [0.1, 0.15) is 11.4 Å². The number of aryl methyl sites for hydroxylation is 1. The van der Waals surface area contributed by atoms with Crippen LogP contribution in [0.2, 0.25) is 0 Å². The van der Waals surface area contributed by atoms with Gasteiger partial charge in [0, 0.05) is 24.7 Å². The lowest BCUT2D eigenvalue weighted by molar-refractivity contribution is 0.0512. The monoisotopic (exact) mass is 360 g/mol. The third-order valence-corrected chi connectivity index (χ3v) is 4.88. The Labute approximate surface area is 154 Å². The maximum atomic E-state index is 11.9. The van der Waals surface area contributed by atoms with Crippen molar-refractivity contribution in [2.24, 2.45) is 0 Å². The second-order valence-corrected chi connectivity index (χ2v) is 8.10. The minimum Gasteiger partial charge on any atom is -0.484 e. The molecule has 0 spiro atoms. The smallest absolute Gasteiger partial charge is 0.407 e. The Morgan fingerprint density at radius 3 is 2.88 bits per heavy atom. The summed E-state index contributed by atoms with van der Waals surface area (Å²) in [4.78, 5) is 26.2. The lowest BCUT2D eigenvalue weighted by Gasteiger charge is -2.27.